The molecule has 0 bridgehead atoms. The molecular formula is C15H19NO4. The van der Waals surface area contributed by atoms with E-state index in [0.717, 1.165) is 11.1 Å². The van der Waals surface area contributed by atoms with Gasteiger partial charge in [-0.05, 0) is 24.6 Å². The highest BCUT2D eigenvalue weighted by Crippen LogP contribution is 2.07. The summed E-state index contributed by atoms with van der Waals surface area (Å²) < 4.78 is 9.84. The van der Waals surface area contributed by atoms with Crippen LogP contribution in [0.3, 0.4) is 0 Å². The largest absolute Gasteiger partial charge is 0.462 e. The molecule has 0 aliphatic rings. The smallest absolute Gasteiger partial charge is 0.310 e. The van der Waals surface area contributed by atoms with Crippen LogP contribution in [0.4, 0.5) is 5.69 Å². The molecule has 5 nitrogen and oxygen atoms in total. The zero-order valence-corrected chi connectivity index (χ0v) is 11.6. The van der Waals surface area contributed by atoms with Gasteiger partial charge in [-0.1, -0.05) is 24.3 Å². The van der Waals surface area contributed by atoms with Gasteiger partial charge in [-0.2, -0.15) is 0 Å². The lowest BCUT2D eigenvalue weighted by molar-refractivity contribution is -0.151. The third-order valence-corrected chi connectivity index (χ3v) is 2.36. The Morgan fingerprint density at radius 2 is 1.85 bits per heavy atom. The van der Waals surface area contributed by atoms with Gasteiger partial charge in [0.2, 0.25) is 0 Å². The Morgan fingerprint density at radius 3 is 2.45 bits per heavy atom. The molecule has 0 fully saturated rings. The Hall–Kier alpha value is -2.30. The number of carbonyl (C=O) groups excluding carboxylic acids is 2. The predicted molar refractivity (Wildman–Crippen MR) is 75.9 cm³/mol. The molecule has 0 heterocycles. The van der Waals surface area contributed by atoms with Crippen LogP contribution in [0.25, 0.3) is 0 Å². The van der Waals surface area contributed by atoms with Crippen LogP contribution in [0, 0.1) is 0 Å². The first-order valence-corrected chi connectivity index (χ1v) is 6.27. The zero-order chi connectivity index (χ0) is 15.0. The fraction of sp³-hybridized carbons (Fsp3) is 0.333. The number of carbonyl (C=O) groups is 2. The standard InChI is InChI=1S/C15H19NO4/c1-11(2)8-14(17)19-6-7-20-15(18)10-12-4-3-5-13(16)9-12/h3-5,9H,1,6-8,10,16H2,2H3. The molecule has 0 aliphatic carbocycles. The number of anilines is 1. The van der Waals surface area contributed by atoms with Gasteiger partial charge >= 0.3 is 11.9 Å². The highest BCUT2D eigenvalue weighted by Gasteiger charge is 2.06. The van der Waals surface area contributed by atoms with Crippen molar-refractivity contribution in [3.05, 3.63) is 42.0 Å². The van der Waals surface area contributed by atoms with Gasteiger partial charge in [-0.15, -0.1) is 0 Å². The van der Waals surface area contributed by atoms with Crippen LogP contribution in [0.1, 0.15) is 18.9 Å². The normalized spacial score (nSPS) is 9.85. The first kappa shape index (κ1) is 15.8. The van der Waals surface area contributed by atoms with E-state index in [9.17, 15) is 9.59 Å². The number of rotatable bonds is 7. The lowest BCUT2D eigenvalue weighted by Crippen LogP contribution is -2.15. The molecule has 0 unspecified atom stereocenters. The molecule has 0 radical (unpaired) electrons. The molecule has 0 saturated heterocycles. The molecule has 0 amide bonds. The SMILES string of the molecule is C=C(C)CC(=O)OCCOC(=O)Cc1cccc(N)c1. The molecule has 0 saturated carbocycles. The molecule has 0 spiro atoms. The fourth-order valence-corrected chi connectivity index (χ4v) is 1.53. The van der Waals surface area contributed by atoms with Crippen molar-refractivity contribution in [2.45, 2.75) is 19.8 Å². The van der Waals surface area contributed by atoms with Gasteiger partial charge in [-0.3, -0.25) is 9.59 Å². The minimum atomic E-state index is -0.383. The summed E-state index contributed by atoms with van der Waals surface area (Å²) in [7, 11) is 0. The Morgan fingerprint density at radius 1 is 1.20 bits per heavy atom. The molecule has 20 heavy (non-hydrogen) atoms. The minimum Gasteiger partial charge on any atom is -0.462 e. The lowest BCUT2D eigenvalue weighted by atomic mass is 10.1. The van der Waals surface area contributed by atoms with Gasteiger partial charge in [0.25, 0.3) is 0 Å². The second-order valence-corrected chi connectivity index (χ2v) is 4.50. The number of hydrogen-bond donors (Lipinski definition) is 1. The van der Waals surface area contributed by atoms with Gasteiger partial charge in [-0.25, -0.2) is 0 Å². The van der Waals surface area contributed by atoms with Crippen molar-refractivity contribution in [1.29, 1.82) is 0 Å². The van der Waals surface area contributed by atoms with Crippen molar-refractivity contribution < 1.29 is 19.1 Å². The number of nitrogens with two attached hydrogens (primary N) is 1. The first-order valence-electron chi connectivity index (χ1n) is 6.27. The van der Waals surface area contributed by atoms with E-state index < -0.39 is 0 Å². The van der Waals surface area contributed by atoms with Crippen molar-refractivity contribution in [1.82, 2.24) is 0 Å². The predicted octanol–water partition coefficient (Wildman–Crippen LogP) is 1.86. The fourth-order valence-electron chi connectivity index (χ4n) is 1.53. The van der Waals surface area contributed by atoms with E-state index in [4.69, 9.17) is 15.2 Å². The lowest BCUT2D eigenvalue weighted by Gasteiger charge is -2.07. The van der Waals surface area contributed by atoms with Crippen LogP contribution in [-0.4, -0.2) is 25.2 Å². The Balaban J connectivity index is 2.21. The summed E-state index contributed by atoms with van der Waals surface area (Å²) in [6, 6.07) is 7.03. The summed E-state index contributed by atoms with van der Waals surface area (Å²) in [6.07, 6.45) is 0.321. The van der Waals surface area contributed by atoms with Crippen molar-refractivity contribution in [2.24, 2.45) is 0 Å². The molecule has 0 atom stereocenters. The number of nitrogen functional groups attached to an aromatic ring is 1. The summed E-state index contributed by atoms with van der Waals surface area (Å²) in [6.45, 7) is 5.45. The van der Waals surface area contributed by atoms with Gasteiger partial charge in [0, 0.05) is 5.69 Å². The molecule has 5 heteroatoms. The van der Waals surface area contributed by atoms with Gasteiger partial charge in [0.05, 0.1) is 12.8 Å². The van der Waals surface area contributed by atoms with Crippen LogP contribution in [0.15, 0.2) is 36.4 Å². The third-order valence-electron chi connectivity index (χ3n) is 2.36. The van der Waals surface area contributed by atoms with Crippen molar-refractivity contribution in [3.63, 3.8) is 0 Å². The zero-order valence-electron chi connectivity index (χ0n) is 11.6. The van der Waals surface area contributed by atoms with Crippen molar-refractivity contribution in [3.8, 4) is 0 Å². The number of esters is 2. The maximum atomic E-state index is 11.5. The van der Waals surface area contributed by atoms with E-state index >= 15 is 0 Å². The van der Waals surface area contributed by atoms with Gasteiger partial charge in [0.1, 0.15) is 13.2 Å². The van der Waals surface area contributed by atoms with Gasteiger partial charge < -0.3 is 15.2 Å². The molecular weight excluding hydrogens is 258 g/mol. The number of ether oxygens (including phenoxy) is 2. The topological polar surface area (TPSA) is 78.6 Å². The average molecular weight is 277 g/mol. The Kier molecular flexibility index (Phi) is 6.29. The van der Waals surface area contributed by atoms with E-state index in [1.54, 1.807) is 31.2 Å². The first-order chi connectivity index (χ1) is 9.47. The molecule has 108 valence electrons. The van der Waals surface area contributed by atoms with Gasteiger partial charge in [0.15, 0.2) is 0 Å². The average Bonchev–Trinajstić information content (AvgIpc) is 2.34. The number of benzene rings is 1. The molecule has 1 rings (SSSR count). The monoisotopic (exact) mass is 277 g/mol. The van der Waals surface area contributed by atoms with E-state index in [2.05, 4.69) is 6.58 Å². The highest BCUT2D eigenvalue weighted by molar-refractivity contribution is 5.73. The van der Waals surface area contributed by atoms with Crippen LogP contribution in [-0.2, 0) is 25.5 Å². The minimum absolute atomic E-state index is 0.0447. The molecule has 2 N–H and O–H groups in total. The summed E-state index contributed by atoms with van der Waals surface area (Å²) >= 11 is 0. The molecule has 0 aliphatic heterocycles. The Labute approximate surface area is 118 Å². The van der Waals surface area contributed by atoms with Crippen LogP contribution in [0.2, 0.25) is 0 Å². The maximum Gasteiger partial charge on any atom is 0.310 e. The Bertz CT molecular complexity index is 496. The van der Waals surface area contributed by atoms with E-state index in [-0.39, 0.29) is 38.0 Å². The number of hydrogen-bond acceptors (Lipinski definition) is 5. The third kappa shape index (κ3) is 6.58. The summed E-state index contributed by atoms with van der Waals surface area (Å²) in [5.74, 6) is -0.754. The van der Waals surface area contributed by atoms with Crippen LogP contribution in [0.5, 0.6) is 0 Å². The van der Waals surface area contributed by atoms with Crippen LogP contribution >= 0.6 is 0 Å². The summed E-state index contributed by atoms with van der Waals surface area (Å²) in [4.78, 5) is 22.7. The van der Waals surface area contributed by atoms with E-state index in [1.165, 1.54) is 0 Å². The van der Waals surface area contributed by atoms with Crippen LogP contribution < -0.4 is 5.73 Å². The van der Waals surface area contributed by atoms with E-state index in [1.807, 2.05) is 0 Å². The summed E-state index contributed by atoms with van der Waals surface area (Å²) in [5.41, 5.74) is 7.73. The maximum absolute atomic E-state index is 11.5. The van der Waals surface area contributed by atoms with Crippen molar-refractivity contribution in [2.75, 3.05) is 18.9 Å². The molecule has 1 aromatic rings. The van der Waals surface area contributed by atoms with Crippen molar-refractivity contribution >= 4 is 17.6 Å². The quantitative estimate of drug-likeness (QED) is 0.356. The van der Waals surface area contributed by atoms with E-state index in [0.29, 0.717) is 5.69 Å². The second kappa shape index (κ2) is 7.99. The summed E-state index contributed by atoms with van der Waals surface area (Å²) in [5, 5.41) is 0. The molecule has 0 aromatic heterocycles. The molecule has 1 aromatic carbocycles. The highest BCUT2D eigenvalue weighted by atomic mass is 16.6. The second-order valence-electron chi connectivity index (χ2n) is 4.50.